The molecule has 1 N–H and O–H groups in total. The van der Waals surface area contributed by atoms with E-state index in [0.717, 1.165) is 25.9 Å². The molecule has 0 atom stereocenters. The van der Waals surface area contributed by atoms with Gasteiger partial charge in [-0.3, -0.25) is 18.5 Å². The first-order chi connectivity index (χ1) is 17.6. The van der Waals surface area contributed by atoms with Crippen LogP contribution in [0.1, 0.15) is 30.2 Å². The SMILES string of the molecule is COc1ccc(S(=O)(=O)N(C)c2ccc(C(=O)Nc3ccc4c(c3)sc(=O)n4C(C)C)cc2)cc1OC. The van der Waals surface area contributed by atoms with Crippen LogP contribution in [0.15, 0.2) is 70.4 Å². The average Bonchev–Trinajstić information content (AvgIpc) is 3.22. The number of aromatic nitrogens is 1. The Morgan fingerprint density at radius 2 is 1.65 bits per heavy atom. The maximum Gasteiger partial charge on any atom is 0.308 e. The minimum absolute atomic E-state index is 0.0360. The molecule has 0 bridgehead atoms. The third kappa shape index (κ3) is 5.05. The van der Waals surface area contributed by atoms with Crippen LogP contribution >= 0.6 is 11.3 Å². The molecule has 37 heavy (non-hydrogen) atoms. The second-order valence-corrected chi connectivity index (χ2v) is 11.5. The number of ether oxygens (including phenoxy) is 2. The Bertz CT molecular complexity index is 1620. The number of thiazole rings is 1. The highest BCUT2D eigenvalue weighted by molar-refractivity contribution is 7.92. The molecule has 0 aliphatic heterocycles. The molecule has 3 aromatic carbocycles. The zero-order valence-electron chi connectivity index (χ0n) is 21.0. The minimum Gasteiger partial charge on any atom is -0.493 e. The molecule has 0 aliphatic carbocycles. The summed E-state index contributed by atoms with van der Waals surface area (Å²) in [7, 11) is 0.453. The summed E-state index contributed by atoms with van der Waals surface area (Å²) in [6.07, 6.45) is 0. The number of rotatable bonds is 8. The molecule has 1 heterocycles. The fourth-order valence-electron chi connectivity index (χ4n) is 3.90. The number of hydrogen-bond donors (Lipinski definition) is 1. The summed E-state index contributed by atoms with van der Waals surface area (Å²) in [6.45, 7) is 3.90. The standard InChI is InChI=1S/C26H27N3O6S2/c1-16(2)29-21-12-8-18(14-24(21)36-26(29)31)27-25(30)17-6-9-19(10-7-17)28(3)37(32,33)20-11-13-22(34-4)23(15-20)35-5/h6-16H,1-5H3,(H,27,30). The van der Waals surface area contributed by atoms with E-state index in [1.165, 1.54) is 39.5 Å². The Morgan fingerprint density at radius 1 is 0.973 bits per heavy atom. The molecule has 0 fully saturated rings. The van der Waals surface area contributed by atoms with Crippen LogP contribution in [0.25, 0.3) is 10.2 Å². The second-order valence-electron chi connectivity index (χ2n) is 8.50. The third-order valence-corrected chi connectivity index (χ3v) is 8.59. The second kappa shape index (κ2) is 10.3. The molecule has 0 radical (unpaired) electrons. The molecule has 1 amide bonds. The highest BCUT2D eigenvalue weighted by Crippen LogP contribution is 2.32. The van der Waals surface area contributed by atoms with E-state index in [1.54, 1.807) is 41.0 Å². The van der Waals surface area contributed by atoms with Crippen molar-refractivity contribution in [2.24, 2.45) is 0 Å². The van der Waals surface area contributed by atoms with E-state index < -0.39 is 10.0 Å². The van der Waals surface area contributed by atoms with Crippen molar-refractivity contribution >= 4 is 48.9 Å². The number of amides is 1. The van der Waals surface area contributed by atoms with E-state index in [-0.39, 0.29) is 21.7 Å². The maximum atomic E-state index is 13.2. The van der Waals surface area contributed by atoms with Gasteiger partial charge in [0.2, 0.25) is 0 Å². The molecular formula is C26H27N3O6S2. The highest BCUT2D eigenvalue weighted by atomic mass is 32.2. The monoisotopic (exact) mass is 541 g/mol. The van der Waals surface area contributed by atoms with Crippen LogP contribution in [0.2, 0.25) is 0 Å². The van der Waals surface area contributed by atoms with Crippen LogP contribution in [0, 0.1) is 0 Å². The number of sulfonamides is 1. The first-order valence-corrected chi connectivity index (χ1v) is 13.6. The van der Waals surface area contributed by atoms with Crippen LogP contribution in [0.4, 0.5) is 11.4 Å². The number of nitrogens with one attached hydrogen (secondary N) is 1. The summed E-state index contributed by atoms with van der Waals surface area (Å²) in [5.41, 5.74) is 2.12. The Labute approximate surface area is 218 Å². The molecular weight excluding hydrogens is 514 g/mol. The third-order valence-electron chi connectivity index (χ3n) is 5.89. The van der Waals surface area contributed by atoms with E-state index in [9.17, 15) is 18.0 Å². The van der Waals surface area contributed by atoms with Gasteiger partial charge in [-0.25, -0.2) is 8.42 Å². The van der Waals surface area contributed by atoms with Crippen molar-refractivity contribution in [1.82, 2.24) is 4.57 Å². The number of methoxy groups -OCH3 is 2. The molecule has 0 unspecified atom stereocenters. The fraction of sp³-hybridized carbons (Fsp3) is 0.231. The molecule has 0 spiro atoms. The number of carbonyl (C=O) groups is 1. The van der Waals surface area contributed by atoms with Crippen molar-refractivity contribution in [2.75, 3.05) is 30.9 Å². The number of nitrogens with zero attached hydrogens (tertiary/aromatic N) is 2. The Morgan fingerprint density at radius 3 is 2.27 bits per heavy atom. The quantitative estimate of drug-likeness (QED) is 0.345. The number of fused-ring (bicyclic) bond motifs is 1. The first-order valence-electron chi connectivity index (χ1n) is 11.3. The zero-order chi connectivity index (χ0) is 26.9. The summed E-state index contributed by atoms with van der Waals surface area (Å²) in [5.74, 6) is 0.368. The normalized spacial score (nSPS) is 11.5. The van der Waals surface area contributed by atoms with Crippen molar-refractivity contribution in [3.63, 3.8) is 0 Å². The lowest BCUT2D eigenvalue weighted by Crippen LogP contribution is -2.26. The van der Waals surface area contributed by atoms with E-state index in [4.69, 9.17) is 9.47 Å². The molecule has 4 rings (SSSR count). The van der Waals surface area contributed by atoms with Crippen LogP contribution in [0.5, 0.6) is 11.5 Å². The van der Waals surface area contributed by atoms with Crippen molar-refractivity contribution in [3.8, 4) is 11.5 Å². The van der Waals surface area contributed by atoms with Gasteiger partial charge in [-0.1, -0.05) is 11.3 Å². The minimum atomic E-state index is -3.89. The van der Waals surface area contributed by atoms with Crippen LogP contribution < -0.4 is 24.0 Å². The van der Waals surface area contributed by atoms with Gasteiger partial charge in [-0.05, 0) is 68.4 Å². The molecule has 11 heteroatoms. The van der Waals surface area contributed by atoms with Gasteiger partial charge in [0.25, 0.3) is 15.9 Å². The van der Waals surface area contributed by atoms with Crippen molar-refractivity contribution in [3.05, 3.63) is 75.9 Å². The van der Waals surface area contributed by atoms with Gasteiger partial charge in [0, 0.05) is 30.4 Å². The van der Waals surface area contributed by atoms with Crippen LogP contribution in [-0.2, 0) is 10.0 Å². The first kappa shape index (κ1) is 26.2. The highest BCUT2D eigenvalue weighted by Gasteiger charge is 2.23. The molecule has 1 aromatic heterocycles. The number of benzene rings is 3. The largest absolute Gasteiger partial charge is 0.493 e. The molecule has 0 saturated carbocycles. The van der Waals surface area contributed by atoms with Crippen LogP contribution in [0.3, 0.4) is 0 Å². The van der Waals surface area contributed by atoms with E-state index in [0.29, 0.717) is 28.4 Å². The Hall–Kier alpha value is -3.83. The van der Waals surface area contributed by atoms with E-state index in [2.05, 4.69) is 5.32 Å². The number of anilines is 2. The van der Waals surface area contributed by atoms with Crippen LogP contribution in [-0.4, -0.2) is 40.2 Å². The van der Waals surface area contributed by atoms with Crippen molar-refractivity contribution in [1.29, 1.82) is 0 Å². The van der Waals surface area contributed by atoms with E-state index >= 15 is 0 Å². The summed E-state index contributed by atoms with van der Waals surface area (Å²) < 4.78 is 40.4. The topological polar surface area (TPSA) is 107 Å². The van der Waals surface area contributed by atoms with Gasteiger partial charge in [0.05, 0.1) is 35.0 Å². The maximum absolute atomic E-state index is 13.2. The van der Waals surface area contributed by atoms with Gasteiger partial charge in [0.1, 0.15) is 0 Å². The predicted octanol–water partition coefficient (Wildman–Crippen LogP) is 4.74. The molecule has 4 aromatic rings. The van der Waals surface area contributed by atoms with Gasteiger partial charge < -0.3 is 14.8 Å². The fourth-order valence-corrected chi connectivity index (χ4v) is 6.17. The van der Waals surface area contributed by atoms with Gasteiger partial charge in [-0.2, -0.15) is 0 Å². The van der Waals surface area contributed by atoms with Crippen molar-refractivity contribution in [2.45, 2.75) is 24.8 Å². The van der Waals surface area contributed by atoms with Gasteiger partial charge in [-0.15, -0.1) is 0 Å². The number of carbonyl (C=O) groups excluding carboxylic acids is 1. The molecule has 0 saturated heterocycles. The van der Waals surface area contributed by atoms with Gasteiger partial charge >= 0.3 is 4.87 Å². The molecule has 194 valence electrons. The lowest BCUT2D eigenvalue weighted by atomic mass is 10.2. The summed E-state index contributed by atoms with van der Waals surface area (Å²) in [4.78, 5) is 25.1. The smallest absolute Gasteiger partial charge is 0.308 e. The summed E-state index contributed by atoms with van der Waals surface area (Å²) in [5, 5.41) is 2.84. The van der Waals surface area contributed by atoms with Crippen molar-refractivity contribution < 1.29 is 22.7 Å². The summed E-state index contributed by atoms with van der Waals surface area (Å²) in [6, 6.07) is 16.0. The lowest BCUT2D eigenvalue weighted by molar-refractivity contribution is 0.102. The average molecular weight is 542 g/mol. The van der Waals surface area contributed by atoms with Gasteiger partial charge in [0.15, 0.2) is 11.5 Å². The Kier molecular flexibility index (Phi) is 7.28. The Balaban J connectivity index is 1.52. The predicted molar refractivity (Wildman–Crippen MR) is 146 cm³/mol. The van der Waals surface area contributed by atoms with E-state index in [1.807, 2.05) is 19.9 Å². The summed E-state index contributed by atoms with van der Waals surface area (Å²) >= 11 is 1.13. The lowest BCUT2D eigenvalue weighted by Gasteiger charge is -2.20. The number of hydrogen-bond acceptors (Lipinski definition) is 7. The molecule has 0 aliphatic rings. The zero-order valence-corrected chi connectivity index (χ0v) is 22.6. The molecule has 9 nitrogen and oxygen atoms in total.